The first-order valence-corrected chi connectivity index (χ1v) is 7.50. The molecule has 106 valence electrons. The Kier molecular flexibility index (Phi) is 4.35. The average molecular weight is 254 g/mol. The summed E-state index contributed by atoms with van der Waals surface area (Å²) < 4.78 is 5.69. The fourth-order valence-electron chi connectivity index (χ4n) is 2.60. The Morgan fingerprint density at radius 3 is 2.61 bits per heavy atom. The van der Waals surface area contributed by atoms with E-state index in [-0.39, 0.29) is 5.54 Å². The van der Waals surface area contributed by atoms with E-state index in [0.29, 0.717) is 5.41 Å². The number of hydrogen-bond acceptors (Lipinski definition) is 3. The summed E-state index contributed by atoms with van der Waals surface area (Å²) in [6, 6.07) is 0.798. The molecular weight excluding hydrogens is 224 g/mol. The first-order valence-electron chi connectivity index (χ1n) is 7.50. The van der Waals surface area contributed by atoms with Crippen LogP contribution in [0.5, 0.6) is 0 Å². The van der Waals surface area contributed by atoms with Gasteiger partial charge in [-0.05, 0) is 46.6 Å². The Bertz CT molecular complexity index is 268. The zero-order valence-electron chi connectivity index (χ0n) is 12.6. The quantitative estimate of drug-likeness (QED) is 0.754. The highest BCUT2D eigenvalue weighted by Gasteiger charge is 2.39. The molecule has 3 nitrogen and oxygen atoms in total. The van der Waals surface area contributed by atoms with Gasteiger partial charge >= 0.3 is 0 Å². The smallest absolute Gasteiger partial charge is 0.0547 e. The number of nitrogens with zero attached hydrogens (tertiary/aromatic N) is 1. The van der Waals surface area contributed by atoms with E-state index in [0.717, 1.165) is 32.3 Å². The number of nitrogens with one attached hydrogen (secondary N) is 1. The van der Waals surface area contributed by atoms with Crippen molar-refractivity contribution in [1.82, 2.24) is 10.2 Å². The maximum atomic E-state index is 5.69. The minimum absolute atomic E-state index is 0.287. The van der Waals surface area contributed by atoms with Crippen LogP contribution in [0.3, 0.4) is 0 Å². The van der Waals surface area contributed by atoms with E-state index < -0.39 is 0 Å². The van der Waals surface area contributed by atoms with Crippen molar-refractivity contribution in [2.24, 2.45) is 5.41 Å². The van der Waals surface area contributed by atoms with Crippen LogP contribution in [0.25, 0.3) is 0 Å². The number of ether oxygens (including phenoxy) is 1. The molecule has 2 fully saturated rings. The molecule has 1 heterocycles. The zero-order chi connectivity index (χ0) is 13.2. The third-order valence-corrected chi connectivity index (χ3v) is 5.00. The molecule has 1 atom stereocenters. The predicted molar refractivity (Wildman–Crippen MR) is 75.9 cm³/mol. The Morgan fingerprint density at radius 1 is 1.39 bits per heavy atom. The summed E-state index contributed by atoms with van der Waals surface area (Å²) in [5, 5.41) is 3.71. The highest BCUT2D eigenvalue weighted by molar-refractivity contribution is 4.93. The lowest BCUT2D eigenvalue weighted by Crippen LogP contribution is -2.50. The Labute approximate surface area is 112 Å². The van der Waals surface area contributed by atoms with Gasteiger partial charge in [-0.1, -0.05) is 6.92 Å². The van der Waals surface area contributed by atoms with E-state index in [1.54, 1.807) is 0 Å². The van der Waals surface area contributed by atoms with Crippen molar-refractivity contribution in [2.45, 2.75) is 58.0 Å². The molecule has 0 bridgehead atoms. The van der Waals surface area contributed by atoms with Crippen molar-refractivity contribution in [2.75, 3.05) is 33.4 Å². The van der Waals surface area contributed by atoms with Crippen LogP contribution in [-0.4, -0.2) is 49.8 Å². The second-order valence-corrected chi connectivity index (χ2v) is 6.98. The lowest BCUT2D eigenvalue weighted by molar-refractivity contribution is 0.0670. The maximum Gasteiger partial charge on any atom is 0.0547 e. The van der Waals surface area contributed by atoms with Crippen LogP contribution in [0.2, 0.25) is 0 Å². The normalized spacial score (nSPS) is 29.2. The summed E-state index contributed by atoms with van der Waals surface area (Å²) in [6.07, 6.45) is 5.13. The largest absolute Gasteiger partial charge is 0.381 e. The summed E-state index contributed by atoms with van der Waals surface area (Å²) >= 11 is 0. The van der Waals surface area contributed by atoms with Crippen LogP contribution < -0.4 is 5.32 Å². The molecule has 1 saturated heterocycles. The van der Waals surface area contributed by atoms with Crippen LogP contribution in [0.1, 0.15) is 46.5 Å². The molecule has 0 aromatic carbocycles. The van der Waals surface area contributed by atoms with Crippen molar-refractivity contribution < 1.29 is 4.74 Å². The molecule has 1 saturated carbocycles. The van der Waals surface area contributed by atoms with Crippen molar-refractivity contribution >= 4 is 0 Å². The monoisotopic (exact) mass is 254 g/mol. The Hall–Kier alpha value is -0.120. The van der Waals surface area contributed by atoms with E-state index in [4.69, 9.17) is 4.74 Å². The van der Waals surface area contributed by atoms with Gasteiger partial charge in [-0.2, -0.15) is 0 Å². The van der Waals surface area contributed by atoms with Gasteiger partial charge in [0.15, 0.2) is 0 Å². The second kappa shape index (κ2) is 5.48. The van der Waals surface area contributed by atoms with Gasteiger partial charge in [-0.25, -0.2) is 0 Å². The average Bonchev–Trinajstić information content (AvgIpc) is 3.07. The molecule has 1 N–H and O–H groups in total. The van der Waals surface area contributed by atoms with E-state index in [9.17, 15) is 0 Å². The first-order chi connectivity index (χ1) is 8.47. The summed E-state index contributed by atoms with van der Waals surface area (Å²) in [5.74, 6) is 0. The molecule has 0 amide bonds. The van der Waals surface area contributed by atoms with Crippen LogP contribution in [-0.2, 0) is 4.74 Å². The SMILES string of the molecule is CCC(C)(C)N(C)CC1(CNC2CC2)CCOC1. The van der Waals surface area contributed by atoms with Crippen molar-refractivity contribution in [3.8, 4) is 0 Å². The van der Waals surface area contributed by atoms with Gasteiger partial charge in [-0.3, -0.25) is 0 Å². The lowest BCUT2D eigenvalue weighted by atomic mass is 9.84. The van der Waals surface area contributed by atoms with Gasteiger partial charge in [0.05, 0.1) is 6.61 Å². The van der Waals surface area contributed by atoms with Crippen molar-refractivity contribution in [3.63, 3.8) is 0 Å². The molecule has 1 aliphatic carbocycles. The fourth-order valence-corrected chi connectivity index (χ4v) is 2.60. The van der Waals surface area contributed by atoms with Crippen molar-refractivity contribution in [1.29, 1.82) is 0 Å². The topological polar surface area (TPSA) is 24.5 Å². The van der Waals surface area contributed by atoms with E-state index >= 15 is 0 Å². The fraction of sp³-hybridized carbons (Fsp3) is 1.00. The zero-order valence-corrected chi connectivity index (χ0v) is 12.6. The minimum atomic E-state index is 0.287. The summed E-state index contributed by atoms with van der Waals surface area (Å²) in [7, 11) is 2.26. The van der Waals surface area contributed by atoms with Crippen LogP contribution in [0.15, 0.2) is 0 Å². The molecule has 0 aromatic heterocycles. The molecule has 1 unspecified atom stereocenters. The third-order valence-electron chi connectivity index (χ3n) is 5.00. The third kappa shape index (κ3) is 3.46. The number of rotatable bonds is 7. The highest BCUT2D eigenvalue weighted by Crippen LogP contribution is 2.32. The molecule has 0 aromatic rings. The number of hydrogen-bond donors (Lipinski definition) is 1. The summed E-state index contributed by atoms with van der Waals surface area (Å²) in [4.78, 5) is 2.52. The van der Waals surface area contributed by atoms with Gasteiger partial charge in [0.2, 0.25) is 0 Å². The molecule has 18 heavy (non-hydrogen) atoms. The van der Waals surface area contributed by atoms with Crippen molar-refractivity contribution in [3.05, 3.63) is 0 Å². The van der Waals surface area contributed by atoms with Crippen LogP contribution >= 0.6 is 0 Å². The Balaban J connectivity index is 1.91. The van der Waals surface area contributed by atoms with Gasteiger partial charge in [-0.15, -0.1) is 0 Å². The van der Waals surface area contributed by atoms with Gasteiger partial charge < -0.3 is 15.0 Å². The maximum absolute atomic E-state index is 5.69. The van der Waals surface area contributed by atoms with Gasteiger partial charge in [0.25, 0.3) is 0 Å². The van der Waals surface area contributed by atoms with E-state index in [1.165, 1.54) is 25.7 Å². The molecule has 0 spiro atoms. The Morgan fingerprint density at radius 2 is 2.11 bits per heavy atom. The standard InChI is InChI=1S/C15H30N2O/c1-5-14(2,3)17(4)11-15(8-9-18-12-15)10-16-13-6-7-13/h13,16H,5-12H2,1-4H3. The van der Waals surface area contributed by atoms with Crippen LogP contribution in [0.4, 0.5) is 0 Å². The molecule has 3 heteroatoms. The predicted octanol–water partition coefficient (Wildman–Crippen LogP) is 2.27. The van der Waals surface area contributed by atoms with Gasteiger partial charge in [0.1, 0.15) is 0 Å². The summed E-state index contributed by atoms with van der Waals surface area (Å²) in [6.45, 7) is 11.1. The minimum Gasteiger partial charge on any atom is -0.381 e. The molecular formula is C15H30N2O. The molecule has 0 radical (unpaired) electrons. The summed E-state index contributed by atoms with van der Waals surface area (Å²) in [5.41, 5.74) is 0.624. The van der Waals surface area contributed by atoms with Crippen LogP contribution in [0, 0.1) is 5.41 Å². The lowest BCUT2D eigenvalue weighted by Gasteiger charge is -2.41. The highest BCUT2D eigenvalue weighted by atomic mass is 16.5. The second-order valence-electron chi connectivity index (χ2n) is 6.98. The molecule has 2 aliphatic rings. The van der Waals surface area contributed by atoms with Gasteiger partial charge in [0, 0.05) is 36.7 Å². The first kappa shape index (κ1) is 14.3. The molecule has 2 rings (SSSR count). The van der Waals surface area contributed by atoms with E-state index in [2.05, 4.69) is 38.0 Å². The molecule has 1 aliphatic heterocycles. The van der Waals surface area contributed by atoms with E-state index in [1.807, 2.05) is 0 Å².